The number of carbonyl (C=O) groups is 1. The van der Waals surface area contributed by atoms with Gasteiger partial charge in [-0.1, -0.05) is 48.3 Å². The van der Waals surface area contributed by atoms with Gasteiger partial charge < -0.3 is 14.5 Å². The summed E-state index contributed by atoms with van der Waals surface area (Å²) in [6.45, 7) is 5.76. The smallest absolute Gasteiger partial charge is 0.227 e. The monoisotopic (exact) mass is 448 g/mol. The highest BCUT2D eigenvalue weighted by Gasteiger charge is 2.26. The second-order valence-electron chi connectivity index (χ2n) is 7.87. The molecule has 0 saturated carbocycles. The maximum atomic E-state index is 13.2. The van der Waals surface area contributed by atoms with Crippen molar-refractivity contribution in [3.63, 3.8) is 0 Å². The molecule has 1 amide bonds. The molecule has 1 atom stereocenters. The van der Waals surface area contributed by atoms with Gasteiger partial charge in [0, 0.05) is 13.6 Å². The van der Waals surface area contributed by atoms with Crippen LogP contribution in [0.4, 0.5) is 0 Å². The standard InChI is InChI=1S/C24H30Cl2N2O2/c1-3-13-30-20-8-6-7-19(16-20)23(17-28-11-4-5-12-28)27(2)24(29)15-18-9-10-21(25)22(26)14-18/h6-10,14,16,23H,3-5,11-13,15,17H2,1-2H3/t23-/m0/s1. The van der Waals surface area contributed by atoms with Crippen LogP contribution in [0.2, 0.25) is 10.0 Å². The summed E-state index contributed by atoms with van der Waals surface area (Å²) in [5, 5.41) is 0.969. The van der Waals surface area contributed by atoms with E-state index in [0.717, 1.165) is 42.9 Å². The number of hydrogen-bond acceptors (Lipinski definition) is 3. The van der Waals surface area contributed by atoms with Gasteiger partial charge in [0.1, 0.15) is 5.75 Å². The first-order valence-corrected chi connectivity index (χ1v) is 11.4. The second-order valence-corrected chi connectivity index (χ2v) is 8.69. The summed E-state index contributed by atoms with van der Waals surface area (Å²) >= 11 is 12.1. The Bertz CT molecular complexity index is 853. The molecule has 0 N–H and O–H groups in total. The van der Waals surface area contributed by atoms with E-state index >= 15 is 0 Å². The minimum Gasteiger partial charge on any atom is -0.494 e. The average molecular weight is 449 g/mol. The van der Waals surface area contributed by atoms with Crippen LogP contribution in [0.5, 0.6) is 5.75 Å². The largest absolute Gasteiger partial charge is 0.494 e. The average Bonchev–Trinajstić information content (AvgIpc) is 3.26. The molecule has 0 bridgehead atoms. The predicted molar refractivity (Wildman–Crippen MR) is 124 cm³/mol. The van der Waals surface area contributed by atoms with Gasteiger partial charge in [0.05, 0.1) is 29.1 Å². The second kappa shape index (κ2) is 11.0. The van der Waals surface area contributed by atoms with Crippen LogP contribution in [0, 0.1) is 0 Å². The summed E-state index contributed by atoms with van der Waals surface area (Å²) in [5.74, 6) is 0.906. The summed E-state index contributed by atoms with van der Waals surface area (Å²) in [6, 6.07) is 13.5. The van der Waals surface area contributed by atoms with Gasteiger partial charge in [-0.15, -0.1) is 0 Å². The van der Waals surface area contributed by atoms with Crippen molar-refractivity contribution in [3.8, 4) is 5.75 Å². The number of ether oxygens (including phenoxy) is 1. The zero-order chi connectivity index (χ0) is 21.5. The van der Waals surface area contributed by atoms with Gasteiger partial charge in [-0.05, 0) is 67.7 Å². The zero-order valence-electron chi connectivity index (χ0n) is 17.7. The molecule has 4 nitrogen and oxygen atoms in total. The molecule has 0 aliphatic carbocycles. The lowest BCUT2D eigenvalue weighted by atomic mass is 10.0. The normalized spacial score (nSPS) is 15.2. The molecule has 0 aromatic heterocycles. The molecule has 6 heteroatoms. The maximum Gasteiger partial charge on any atom is 0.227 e. The Labute approximate surface area is 189 Å². The first-order chi connectivity index (χ1) is 14.5. The van der Waals surface area contributed by atoms with Crippen molar-refractivity contribution in [1.82, 2.24) is 9.80 Å². The third kappa shape index (κ3) is 6.13. The Morgan fingerprint density at radius 3 is 2.60 bits per heavy atom. The lowest BCUT2D eigenvalue weighted by molar-refractivity contribution is -0.131. The van der Waals surface area contributed by atoms with E-state index in [0.29, 0.717) is 16.7 Å². The number of nitrogens with zero attached hydrogens (tertiary/aromatic N) is 2. The molecule has 3 rings (SSSR count). The van der Waals surface area contributed by atoms with Crippen LogP contribution in [0.25, 0.3) is 0 Å². The highest BCUT2D eigenvalue weighted by molar-refractivity contribution is 6.42. The molecule has 2 aromatic rings. The van der Waals surface area contributed by atoms with Gasteiger partial charge in [-0.25, -0.2) is 0 Å². The van der Waals surface area contributed by atoms with Crippen LogP contribution in [-0.2, 0) is 11.2 Å². The summed E-state index contributed by atoms with van der Waals surface area (Å²) < 4.78 is 5.83. The molecule has 1 saturated heterocycles. The predicted octanol–water partition coefficient (Wildman–Crippen LogP) is 5.62. The third-order valence-corrected chi connectivity index (χ3v) is 6.28. The SMILES string of the molecule is CCCOc1cccc([C@H](CN2CCCC2)N(C)C(=O)Cc2ccc(Cl)c(Cl)c2)c1. The third-order valence-electron chi connectivity index (χ3n) is 5.55. The Morgan fingerprint density at radius 2 is 1.90 bits per heavy atom. The van der Waals surface area contributed by atoms with Gasteiger partial charge in [0.25, 0.3) is 0 Å². The van der Waals surface area contributed by atoms with Crippen LogP contribution in [0.1, 0.15) is 43.4 Å². The van der Waals surface area contributed by atoms with Crippen molar-refractivity contribution in [2.45, 2.75) is 38.6 Å². The molecule has 1 aliphatic heterocycles. The van der Waals surface area contributed by atoms with Crippen LogP contribution < -0.4 is 4.74 Å². The molecule has 0 spiro atoms. The molecule has 0 radical (unpaired) electrons. The van der Waals surface area contributed by atoms with E-state index in [4.69, 9.17) is 27.9 Å². The molecule has 1 heterocycles. The summed E-state index contributed by atoms with van der Waals surface area (Å²) in [5.41, 5.74) is 1.96. The lowest BCUT2D eigenvalue weighted by Crippen LogP contribution is -2.39. The van der Waals surface area contributed by atoms with E-state index in [9.17, 15) is 4.79 Å². The van der Waals surface area contributed by atoms with Gasteiger partial charge >= 0.3 is 0 Å². The zero-order valence-corrected chi connectivity index (χ0v) is 19.3. The highest BCUT2D eigenvalue weighted by atomic mass is 35.5. The number of halogens is 2. The van der Waals surface area contributed by atoms with Gasteiger partial charge in [0.15, 0.2) is 0 Å². The maximum absolute atomic E-state index is 13.2. The van der Waals surface area contributed by atoms with Gasteiger partial charge in [-0.3, -0.25) is 4.79 Å². The summed E-state index contributed by atoms with van der Waals surface area (Å²) in [6.07, 6.45) is 3.68. The van der Waals surface area contributed by atoms with Crippen molar-refractivity contribution in [2.24, 2.45) is 0 Å². The number of carbonyl (C=O) groups excluding carboxylic acids is 1. The minimum atomic E-state index is -0.0384. The number of likely N-dealkylation sites (N-methyl/N-ethyl adjacent to an activating group) is 1. The van der Waals surface area contributed by atoms with Crippen LogP contribution in [0.3, 0.4) is 0 Å². The fourth-order valence-corrected chi connectivity index (χ4v) is 4.14. The van der Waals surface area contributed by atoms with E-state index in [2.05, 4.69) is 24.0 Å². The minimum absolute atomic E-state index is 0.0384. The first-order valence-electron chi connectivity index (χ1n) is 10.6. The quantitative estimate of drug-likeness (QED) is 0.498. The Balaban J connectivity index is 1.79. The van der Waals surface area contributed by atoms with E-state index < -0.39 is 0 Å². The molecule has 162 valence electrons. The molecular formula is C24H30Cl2N2O2. The highest BCUT2D eigenvalue weighted by Crippen LogP contribution is 2.28. The van der Waals surface area contributed by atoms with E-state index in [1.165, 1.54) is 12.8 Å². The van der Waals surface area contributed by atoms with E-state index in [1.807, 2.05) is 30.1 Å². The van der Waals surface area contributed by atoms with Crippen molar-refractivity contribution < 1.29 is 9.53 Å². The summed E-state index contributed by atoms with van der Waals surface area (Å²) in [7, 11) is 1.89. The van der Waals surface area contributed by atoms with Crippen LogP contribution in [0.15, 0.2) is 42.5 Å². The Morgan fingerprint density at radius 1 is 1.13 bits per heavy atom. The van der Waals surface area contributed by atoms with Crippen molar-refractivity contribution in [3.05, 3.63) is 63.6 Å². The summed E-state index contributed by atoms with van der Waals surface area (Å²) in [4.78, 5) is 17.5. The Hall–Kier alpha value is -1.75. The number of hydrogen-bond donors (Lipinski definition) is 0. The lowest BCUT2D eigenvalue weighted by Gasteiger charge is -2.32. The van der Waals surface area contributed by atoms with Crippen molar-refractivity contribution in [2.75, 3.05) is 33.3 Å². The van der Waals surface area contributed by atoms with Crippen molar-refractivity contribution in [1.29, 1.82) is 0 Å². The van der Waals surface area contributed by atoms with E-state index in [-0.39, 0.29) is 18.4 Å². The van der Waals surface area contributed by atoms with Gasteiger partial charge in [0.2, 0.25) is 5.91 Å². The van der Waals surface area contributed by atoms with E-state index in [1.54, 1.807) is 12.1 Å². The topological polar surface area (TPSA) is 32.8 Å². The molecule has 2 aromatic carbocycles. The van der Waals surface area contributed by atoms with Crippen LogP contribution >= 0.6 is 23.2 Å². The molecular weight excluding hydrogens is 419 g/mol. The first kappa shape index (κ1) is 22.9. The Kier molecular flexibility index (Phi) is 8.43. The number of likely N-dealkylation sites (tertiary alicyclic amines) is 1. The number of rotatable bonds is 9. The van der Waals surface area contributed by atoms with Crippen LogP contribution in [-0.4, -0.2) is 49.0 Å². The van der Waals surface area contributed by atoms with Gasteiger partial charge in [-0.2, -0.15) is 0 Å². The van der Waals surface area contributed by atoms with Crippen molar-refractivity contribution >= 4 is 29.1 Å². The number of amides is 1. The fourth-order valence-electron chi connectivity index (χ4n) is 3.82. The molecule has 1 aliphatic rings. The molecule has 1 fully saturated rings. The number of benzene rings is 2. The molecule has 30 heavy (non-hydrogen) atoms. The molecule has 0 unspecified atom stereocenters. The fraction of sp³-hybridized carbons (Fsp3) is 0.458.